The number of rotatable bonds is 7. The first-order valence-corrected chi connectivity index (χ1v) is 9.07. The number of aryl methyl sites for hydroxylation is 1. The molecule has 0 amide bonds. The van der Waals surface area contributed by atoms with Crippen molar-refractivity contribution in [2.24, 2.45) is 0 Å². The third-order valence-electron chi connectivity index (χ3n) is 3.82. The Bertz CT molecular complexity index is 581. The number of nitrogen functional groups attached to an aromatic ring is 1. The third-order valence-corrected chi connectivity index (χ3v) is 5.45. The predicted octanol–water partition coefficient (Wildman–Crippen LogP) is 2.21. The van der Waals surface area contributed by atoms with Gasteiger partial charge < -0.3 is 5.73 Å². The minimum Gasteiger partial charge on any atom is -0.399 e. The summed E-state index contributed by atoms with van der Waals surface area (Å²) >= 11 is 0. The van der Waals surface area contributed by atoms with Crippen molar-refractivity contribution in [3.05, 3.63) is 29.3 Å². The van der Waals surface area contributed by atoms with Crippen LogP contribution in [0.4, 0.5) is 5.69 Å². The van der Waals surface area contributed by atoms with Crippen LogP contribution in [0.15, 0.2) is 18.2 Å². The molecule has 1 aromatic rings. The highest BCUT2D eigenvalue weighted by atomic mass is 32.2. The summed E-state index contributed by atoms with van der Waals surface area (Å²) in [6.45, 7) is 5.10. The van der Waals surface area contributed by atoms with E-state index in [1.807, 2.05) is 32.0 Å². The molecule has 1 unspecified atom stereocenters. The van der Waals surface area contributed by atoms with E-state index in [1.54, 1.807) is 4.31 Å². The predicted molar refractivity (Wildman–Crippen MR) is 86.1 cm³/mol. The van der Waals surface area contributed by atoms with Gasteiger partial charge in [0, 0.05) is 24.8 Å². The summed E-state index contributed by atoms with van der Waals surface area (Å²) in [4.78, 5) is 0. The summed E-state index contributed by atoms with van der Waals surface area (Å²) in [7, 11) is -3.43. The average molecular weight is 311 g/mol. The van der Waals surface area contributed by atoms with Crippen LogP contribution in [0.3, 0.4) is 0 Å². The average Bonchev–Trinajstić information content (AvgIpc) is 2.80. The first-order valence-electron chi connectivity index (χ1n) is 7.63. The largest absolute Gasteiger partial charge is 0.399 e. The molecular formula is C15H25N3O2S. The normalized spacial score (nSPS) is 18.1. The lowest BCUT2D eigenvalue weighted by Crippen LogP contribution is -2.42. The second-order valence-corrected chi connectivity index (χ2v) is 7.27. The number of fused-ring (bicyclic) bond motifs is 1. The second-order valence-electron chi connectivity index (χ2n) is 5.57. The number of nitrogens with zero attached hydrogens (tertiary/aromatic N) is 1. The van der Waals surface area contributed by atoms with E-state index in [0.29, 0.717) is 13.1 Å². The van der Waals surface area contributed by atoms with Gasteiger partial charge in [-0.05, 0) is 48.9 Å². The van der Waals surface area contributed by atoms with E-state index < -0.39 is 10.2 Å². The van der Waals surface area contributed by atoms with Crippen LogP contribution in [0.1, 0.15) is 50.3 Å². The molecule has 0 aromatic heterocycles. The standard InChI is InChI=1S/C15H25N3O2S/c1-3-9-18(10-4-2)21(19,20)17-15-8-5-12-11-13(16)6-7-14(12)15/h6-7,11,15,17H,3-5,8-10,16H2,1-2H3. The molecule has 1 aliphatic carbocycles. The van der Waals surface area contributed by atoms with Crippen molar-refractivity contribution >= 4 is 15.9 Å². The molecule has 1 aliphatic rings. The van der Waals surface area contributed by atoms with Gasteiger partial charge in [0.1, 0.15) is 0 Å². The SMILES string of the molecule is CCCN(CCC)S(=O)(=O)NC1CCc2cc(N)ccc21. The van der Waals surface area contributed by atoms with E-state index in [2.05, 4.69) is 4.72 Å². The molecule has 1 aromatic carbocycles. The Kier molecular flexibility index (Phi) is 5.24. The first-order chi connectivity index (χ1) is 9.97. The Morgan fingerprint density at radius 3 is 2.57 bits per heavy atom. The molecule has 5 nitrogen and oxygen atoms in total. The fraction of sp³-hybridized carbons (Fsp3) is 0.600. The first kappa shape index (κ1) is 16.3. The van der Waals surface area contributed by atoms with Gasteiger partial charge in [0.25, 0.3) is 10.2 Å². The monoisotopic (exact) mass is 311 g/mol. The maximum Gasteiger partial charge on any atom is 0.280 e. The van der Waals surface area contributed by atoms with Gasteiger partial charge in [-0.15, -0.1) is 0 Å². The Hall–Kier alpha value is -1.11. The van der Waals surface area contributed by atoms with E-state index in [-0.39, 0.29) is 6.04 Å². The van der Waals surface area contributed by atoms with Gasteiger partial charge in [-0.25, -0.2) is 0 Å². The molecule has 2 rings (SSSR count). The van der Waals surface area contributed by atoms with Crippen LogP contribution < -0.4 is 10.5 Å². The molecule has 0 saturated carbocycles. The number of hydrogen-bond donors (Lipinski definition) is 2. The Labute approximate surface area is 127 Å². The maximum absolute atomic E-state index is 12.5. The van der Waals surface area contributed by atoms with Gasteiger partial charge in [-0.2, -0.15) is 17.4 Å². The quantitative estimate of drug-likeness (QED) is 0.758. The van der Waals surface area contributed by atoms with Crippen molar-refractivity contribution in [2.75, 3.05) is 18.8 Å². The van der Waals surface area contributed by atoms with Crippen molar-refractivity contribution in [3.63, 3.8) is 0 Å². The fourth-order valence-corrected chi connectivity index (χ4v) is 4.46. The van der Waals surface area contributed by atoms with Crippen molar-refractivity contribution in [1.82, 2.24) is 9.03 Å². The zero-order chi connectivity index (χ0) is 15.5. The van der Waals surface area contributed by atoms with E-state index in [4.69, 9.17) is 5.73 Å². The van der Waals surface area contributed by atoms with E-state index in [9.17, 15) is 8.42 Å². The molecule has 0 spiro atoms. The number of nitrogens with one attached hydrogen (secondary N) is 1. The van der Waals surface area contributed by atoms with Gasteiger partial charge in [-0.3, -0.25) is 0 Å². The topological polar surface area (TPSA) is 75.4 Å². The molecule has 21 heavy (non-hydrogen) atoms. The molecule has 0 fully saturated rings. The molecule has 0 heterocycles. The lowest BCUT2D eigenvalue weighted by Gasteiger charge is -2.24. The van der Waals surface area contributed by atoms with Crippen molar-refractivity contribution in [2.45, 2.75) is 45.6 Å². The lowest BCUT2D eigenvalue weighted by atomic mass is 10.1. The van der Waals surface area contributed by atoms with Gasteiger partial charge >= 0.3 is 0 Å². The summed E-state index contributed by atoms with van der Waals surface area (Å²) in [6.07, 6.45) is 3.30. The minimum absolute atomic E-state index is 0.137. The van der Waals surface area contributed by atoms with Crippen LogP contribution in [-0.2, 0) is 16.6 Å². The molecule has 1 atom stereocenters. The smallest absolute Gasteiger partial charge is 0.280 e. The van der Waals surface area contributed by atoms with Gasteiger partial charge in [0.15, 0.2) is 0 Å². The lowest BCUT2D eigenvalue weighted by molar-refractivity contribution is 0.395. The molecule has 0 radical (unpaired) electrons. The molecule has 0 saturated heterocycles. The molecular weight excluding hydrogens is 286 g/mol. The van der Waals surface area contributed by atoms with Gasteiger partial charge in [-0.1, -0.05) is 19.9 Å². The van der Waals surface area contributed by atoms with Crippen molar-refractivity contribution in [1.29, 1.82) is 0 Å². The van der Waals surface area contributed by atoms with Crippen molar-refractivity contribution < 1.29 is 8.42 Å². The van der Waals surface area contributed by atoms with E-state index in [1.165, 1.54) is 0 Å². The van der Waals surface area contributed by atoms with Crippen molar-refractivity contribution in [3.8, 4) is 0 Å². The zero-order valence-corrected chi connectivity index (χ0v) is 13.6. The molecule has 6 heteroatoms. The number of hydrogen-bond acceptors (Lipinski definition) is 3. The summed E-state index contributed by atoms with van der Waals surface area (Å²) in [5.74, 6) is 0. The number of anilines is 1. The van der Waals surface area contributed by atoms with Crippen LogP contribution in [0.2, 0.25) is 0 Å². The maximum atomic E-state index is 12.5. The zero-order valence-electron chi connectivity index (χ0n) is 12.8. The Morgan fingerprint density at radius 1 is 1.29 bits per heavy atom. The summed E-state index contributed by atoms with van der Waals surface area (Å²) in [6, 6.07) is 5.58. The number of nitrogens with two attached hydrogens (primary N) is 1. The molecule has 3 N–H and O–H groups in total. The van der Waals surface area contributed by atoms with Crippen LogP contribution in [0.5, 0.6) is 0 Å². The third kappa shape index (κ3) is 3.75. The van der Waals surface area contributed by atoms with E-state index in [0.717, 1.165) is 42.5 Å². The van der Waals surface area contributed by atoms with Crippen LogP contribution in [0, 0.1) is 0 Å². The van der Waals surface area contributed by atoms with Crippen LogP contribution in [0.25, 0.3) is 0 Å². The van der Waals surface area contributed by atoms with Crippen LogP contribution in [-0.4, -0.2) is 25.8 Å². The summed E-state index contributed by atoms with van der Waals surface area (Å²) in [5, 5.41) is 0. The molecule has 118 valence electrons. The second kappa shape index (κ2) is 6.77. The highest BCUT2D eigenvalue weighted by Crippen LogP contribution is 2.33. The Balaban J connectivity index is 2.15. The van der Waals surface area contributed by atoms with Gasteiger partial charge in [0.05, 0.1) is 0 Å². The molecule has 0 aliphatic heterocycles. The highest BCUT2D eigenvalue weighted by Gasteiger charge is 2.29. The minimum atomic E-state index is -3.43. The summed E-state index contributed by atoms with van der Waals surface area (Å²) < 4.78 is 29.5. The number of benzene rings is 1. The summed E-state index contributed by atoms with van der Waals surface area (Å²) in [5.41, 5.74) is 8.73. The fourth-order valence-electron chi connectivity index (χ4n) is 2.87. The highest BCUT2D eigenvalue weighted by molar-refractivity contribution is 7.87. The van der Waals surface area contributed by atoms with E-state index >= 15 is 0 Å². The Morgan fingerprint density at radius 2 is 1.95 bits per heavy atom. The van der Waals surface area contributed by atoms with Crippen LogP contribution >= 0.6 is 0 Å². The van der Waals surface area contributed by atoms with Gasteiger partial charge in [0.2, 0.25) is 0 Å². The molecule has 0 bridgehead atoms.